The minimum atomic E-state index is -0.830. The fourth-order valence-corrected chi connectivity index (χ4v) is 2.45. The Labute approximate surface area is 114 Å². The number of amides is 1. The van der Waals surface area contributed by atoms with E-state index < -0.39 is 5.41 Å². The van der Waals surface area contributed by atoms with Crippen LogP contribution in [0.3, 0.4) is 0 Å². The Balaban J connectivity index is 2.54. The summed E-state index contributed by atoms with van der Waals surface area (Å²) >= 11 is 3.37. The maximum Gasteiger partial charge on any atom is 0.318 e. The topological polar surface area (TPSA) is 55.4 Å². The first kappa shape index (κ1) is 13.1. The lowest BCUT2D eigenvalue weighted by molar-refractivity contribution is -0.149. The number of fused-ring (bicyclic) bond motifs is 1. The van der Waals surface area contributed by atoms with Crippen LogP contribution < -0.4 is 5.32 Å². The second-order valence-electron chi connectivity index (χ2n) is 4.43. The lowest BCUT2D eigenvalue weighted by Gasteiger charge is -2.33. The predicted molar refractivity (Wildman–Crippen MR) is 70.5 cm³/mol. The summed E-state index contributed by atoms with van der Waals surface area (Å²) in [7, 11) is 0. The van der Waals surface area contributed by atoms with Gasteiger partial charge < -0.3 is 10.1 Å². The lowest BCUT2D eigenvalue weighted by atomic mass is 9.77. The van der Waals surface area contributed by atoms with Crippen LogP contribution >= 0.6 is 15.9 Å². The Morgan fingerprint density at radius 2 is 2.28 bits per heavy atom. The summed E-state index contributed by atoms with van der Waals surface area (Å²) in [5, 5.41) is 2.73. The van der Waals surface area contributed by atoms with Gasteiger partial charge in [0.05, 0.1) is 6.61 Å². The van der Waals surface area contributed by atoms with Gasteiger partial charge in [-0.25, -0.2) is 0 Å². The van der Waals surface area contributed by atoms with Crippen molar-refractivity contribution in [3.63, 3.8) is 0 Å². The first-order valence-corrected chi connectivity index (χ1v) is 6.54. The normalized spacial score (nSPS) is 22.1. The van der Waals surface area contributed by atoms with E-state index in [4.69, 9.17) is 4.74 Å². The molecule has 18 heavy (non-hydrogen) atoms. The summed E-state index contributed by atoms with van der Waals surface area (Å²) in [6.45, 7) is 4.14. The van der Waals surface area contributed by atoms with E-state index in [1.807, 2.05) is 6.07 Å². The summed E-state index contributed by atoms with van der Waals surface area (Å²) < 4.78 is 5.95. The van der Waals surface area contributed by atoms with Crippen LogP contribution in [0.2, 0.25) is 0 Å². The molecule has 0 radical (unpaired) electrons. The van der Waals surface area contributed by atoms with E-state index in [1.165, 1.54) is 0 Å². The van der Waals surface area contributed by atoms with Gasteiger partial charge in [-0.3, -0.25) is 9.59 Å². The van der Waals surface area contributed by atoms with Crippen LogP contribution in [-0.4, -0.2) is 25.0 Å². The molecule has 1 aliphatic rings. The minimum Gasteiger partial charge on any atom is -0.465 e. The van der Waals surface area contributed by atoms with E-state index in [0.717, 1.165) is 4.47 Å². The molecule has 1 aromatic carbocycles. The molecule has 1 unspecified atom stereocenters. The third-order valence-electron chi connectivity index (χ3n) is 3.15. The molecule has 1 N–H and O–H groups in total. The molecule has 0 bridgehead atoms. The van der Waals surface area contributed by atoms with Crippen LogP contribution in [0, 0.1) is 0 Å². The summed E-state index contributed by atoms with van der Waals surface area (Å²) in [5.74, 6) is -0.469. The molecule has 0 fully saturated rings. The van der Waals surface area contributed by atoms with Crippen LogP contribution in [0.5, 0.6) is 0 Å². The second kappa shape index (κ2) is 4.72. The first-order valence-electron chi connectivity index (χ1n) is 5.74. The molecule has 1 aliphatic heterocycles. The molecular formula is C13H14BrNO3. The Kier molecular flexibility index (Phi) is 3.43. The molecule has 1 amide bonds. The Bertz CT molecular complexity index is 515. The smallest absolute Gasteiger partial charge is 0.318 e. The molecule has 4 nitrogen and oxygen atoms in total. The van der Waals surface area contributed by atoms with Crippen molar-refractivity contribution >= 4 is 27.8 Å². The number of ether oxygens (including phenoxy) is 1. The molecule has 1 atom stereocenters. The van der Waals surface area contributed by atoms with E-state index in [2.05, 4.69) is 21.2 Å². The highest BCUT2D eigenvalue weighted by atomic mass is 79.9. The van der Waals surface area contributed by atoms with Gasteiger partial charge in [0.25, 0.3) is 5.91 Å². The molecule has 96 valence electrons. The predicted octanol–water partition coefficient (Wildman–Crippen LogP) is 2.01. The van der Waals surface area contributed by atoms with Gasteiger partial charge in [0, 0.05) is 16.6 Å². The molecule has 1 heterocycles. The van der Waals surface area contributed by atoms with Crippen molar-refractivity contribution in [2.45, 2.75) is 19.3 Å². The number of nitrogens with one attached hydrogen (secondary N) is 1. The molecule has 5 heteroatoms. The number of benzene rings is 1. The van der Waals surface area contributed by atoms with Crippen LogP contribution in [0.1, 0.15) is 29.8 Å². The average Bonchev–Trinajstić information content (AvgIpc) is 2.34. The number of halogens is 1. The van der Waals surface area contributed by atoms with Crippen molar-refractivity contribution in [1.82, 2.24) is 5.32 Å². The van der Waals surface area contributed by atoms with Crippen molar-refractivity contribution in [3.8, 4) is 0 Å². The molecule has 0 aliphatic carbocycles. The molecule has 2 rings (SSSR count). The maximum absolute atomic E-state index is 12.1. The highest BCUT2D eigenvalue weighted by Crippen LogP contribution is 2.33. The zero-order valence-corrected chi connectivity index (χ0v) is 11.8. The SMILES string of the molecule is CCOC(=O)C1(C)CNC(=O)c2ccc(Br)cc21. The summed E-state index contributed by atoms with van der Waals surface area (Å²) in [6.07, 6.45) is 0. The van der Waals surface area contributed by atoms with Crippen LogP contribution in [0.15, 0.2) is 22.7 Å². The molecule has 0 saturated carbocycles. The Morgan fingerprint density at radius 3 is 2.94 bits per heavy atom. The second-order valence-corrected chi connectivity index (χ2v) is 5.34. The zero-order valence-electron chi connectivity index (χ0n) is 10.2. The third-order valence-corrected chi connectivity index (χ3v) is 3.64. The number of rotatable bonds is 2. The highest BCUT2D eigenvalue weighted by molar-refractivity contribution is 9.10. The van der Waals surface area contributed by atoms with Crippen molar-refractivity contribution in [2.24, 2.45) is 0 Å². The first-order chi connectivity index (χ1) is 8.49. The van der Waals surface area contributed by atoms with Crippen LogP contribution in [0.25, 0.3) is 0 Å². The average molecular weight is 312 g/mol. The standard InChI is InChI=1S/C13H14BrNO3/c1-3-18-12(17)13(2)7-15-11(16)9-5-4-8(14)6-10(9)13/h4-6H,3,7H2,1-2H3,(H,15,16). The highest BCUT2D eigenvalue weighted by Gasteiger charge is 2.43. The van der Waals surface area contributed by atoms with Crippen molar-refractivity contribution in [2.75, 3.05) is 13.2 Å². The number of esters is 1. The molecule has 1 aromatic rings. The molecular weight excluding hydrogens is 298 g/mol. The minimum absolute atomic E-state index is 0.153. The van der Waals surface area contributed by atoms with Gasteiger partial charge in [0.15, 0.2) is 0 Å². The fourth-order valence-electron chi connectivity index (χ4n) is 2.09. The van der Waals surface area contributed by atoms with Gasteiger partial charge in [-0.15, -0.1) is 0 Å². The number of hydrogen-bond acceptors (Lipinski definition) is 3. The van der Waals surface area contributed by atoms with E-state index in [0.29, 0.717) is 17.7 Å². The lowest BCUT2D eigenvalue weighted by Crippen LogP contribution is -2.50. The maximum atomic E-state index is 12.1. The fraction of sp³-hybridized carbons (Fsp3) is 0.385. The van der Waals surface area contributed by atoms with Gasteiger partial charge in [-0.05, 0) is 37.6 Å². The van der Waals surface area contributed by atoms with Gasteiger partial charge in [0.2, 0.25) is 0 Å². The van der Waals surface area contributed by atoms with Gasteiger partial charge >= 0.3 is 5.97 Å². The summed E-state index contributed by atoms with van der Waals surface area (Å²) in [6, 6.07) is 5.31. The van der Waals surface area contributed by atoms with Gasteiger partial charge in [-0.2, -0.15) is 0 Å². The Morgan fingerprint density at radius 1 is 1.56 bits per heavy atom. The summed E-state index contributed by atoms with van der Waals surface area (Å²) in [5.41, 5.74) is 0.405. The van der Waals surface area contributed by atoms with E-state index in [1.54, 1.807) is 26.0 Å². The molecule has 0 aromatic heterocycles. The van der Waals surface area contributed by atoms with Crippen LogP contribution in [-0.2, 0) is 14.9 Å². The zero-order chi connectivity index (χ0) is 13.3. The summed E-state index contributed by atoms with van der Waals surface area (Å²) in [4.78, 5) is 23.9. The van der Waals surface area contributed by atoms with Crippen molar-refractivity contribution in [1.29, 1.82) is 0 Å². The molecule has 0 saturated heterocycles. The van der Waals surface area contributed by atoms with E-state index >= 15 is 0 Å². The van der Waals surface area contributed by atoms with Crippen molar-refractivity contribution < 1.29 is 14.3 Å². The largest absolute Gasteiger partial charge is 0.465 e. The van der Waals surface area contributed by atoms with Crippen molar-refractivity contribution in [3.05, 3.63) is 33.8 Å². The van der Waals surface area contributed by atoms with E-state index in [-0.39, 0.29) is 18.4 Å². The van der Waals surface area contributed by atoms with Gasteiger partial charge in [0.1, 0.15) is 5.41 Å². The Hall–Kier alpha value is -1.36. The van der Waals surface area contributed by atoms with Gasteiger partial charge in [-0.1, -0.05) is 15.9 Å². The number of hydrogen-bond donors (Lipinski definition) is 1. The van der Waals surface area contributed by atoms with E-state index in [9.17, 15) is 9.59 Å². The van der Waals surface area contributed by atoms with Crippen LogP contribution in [0.4, 0.5) is 0 Å². The molecule has 0 spiro atoms. The number of carbonyl (C=O) groups excluding carboxylic acids is 2. The number of carbonyl (C=O) groups is 2. The monoisotopic (exact) mass is 311 g/mol. The third kappa shape index (κ3) is 2.03. The quantitative estimate of drug-likeness (QED) is 0.850.